The summed E-state index contributed by atoms with van der Waals surface area (Å²) in [5.74, 6) is -0.845. The summed E-state index contributed by atoms with van der Waals surface area (Å²) in [5, 5.41) is 15.7. The summed E-state index contributed by atoms with van der Waals surface area (Å²) in [6.45, 7) is 4.57. The molecule has 5 aromatic rings. The Morgan fingerprint density at radius 3 is 2.55 bits per heavy atom. The number of unbranched alkanes of at least 4 members (excludes halogenated alkanes) is 2. The Morgan fingerprint density at radius 2 is 1.76 bits per heavy atom. The molecule has 62 heavy (non-hydrogen) atoms. The van der Waals surface area contributed by atoms with Gasteiger partial charge in [-0.2, -0.15) is 23.3 Å². The summed E-state index contributed by atoms with van der Waals surface area (Å²) in [5.41, 5.74) is 2.59. The van der Waals surface area contributed by atoms with Crippen LogP contribution in [0.5, 0.6) is 0 Å². The summed E-state index contributed by atoms with van der Waals surface area (Å²) in [6.07, 6.45) is 6.82. The molecule has 3 N–H and O–H groups in total. The van der Waals surface area contributed by atoms with Crippen molar-refractivity contribution < 1.29 is 36.9 Å². The number of aryl methyl sites for hydroxylation is 1. The number of fused-ring (bicyclic) bond motifs is 2. The van der Waals surface area contributed by atoms with Gasteiger partial charge in [-0.25, -0.2) is 19.3 Å². The first kappa shape index (κ1) is 40.9. The van der Waals surface area contributed by atoms with Crippen LogP contribution in [0.4, 0.5) is 35.0 Å². The zero-order valence-corrected chi connectivity index (χ0v) is 33.8. The van der Waals surface area contributed by atoms with E-state index in [1.807, 2.05) is 18.2 Å². The number of piperidine rings is 1. The van der Waals surface area contributed by atoms with E-state index in [9.17, 15) is 32.3 Å². The van der Waals surface area contributed by atoms with Gasteiger partial charge >= 0.3 is 12.2 Å². The van der Waals surface area contributed by atoms with Crippen LogP contribution in [0, 0.1) is 0 Å². The van der Waals surface area contributed by atoms with E-state index in [0.717, 1.165) is 100 Å². The van der Waals surface area contributed by atoms with Gasteiger partial charge in [-0.3, -0.25) is 24.6 Å². The highest BCUT2D eigenvalue weighted by Crippen LogP contribution is 2.39. The lowest BCUT2D eigenvalue weighted by molar-refractivity contribution is -0.138. The van der Waals surface area contributed by atoms with Gasteiger partial charge in [0, 0.05) is 68.8 Å². The van der Waals surface area contributed by atoms with Crippen LogP contribution in [-0.2, 0) is 28.7 Å². The average Bonchev–Trinajstić information content (AvgIpc) is 4.09. The number of aromatic nitrogens is 6. The first-order chi connectivity index (χ1) is 30.0. The quantitative estimate of drug-likeness (QED) is 0.101. The van der Waals surface area contributed by atoms with Crippen molar-refractivity contribution in [2.45, 2.75) is 88.9 Å². The predicted molar refractivity (Wildman–Crippen MR) is 218 cm³/mol. The predicted octanol–water partition coefficient (Wildman–Crippen LogP) is 5.79. The Labute approximate surface area is 353 Å². The molecule has 4 aliphatic rings. The Balaban J connectivity index is 0.739. The summed E-state index contributed by atoms with van der Waals surface area (Å²) in [7, 11) is 0. The molecule has 9 rings (SSSR count). The number of piperazine rings is 1. The number of hydrogen-bond donors (Lipinski definition) is 3. The van der Waals surface area contributed by atoms with Gasteiger partial charge in [-0.1, -0.05) is 24.4 Å². The molecule has 7 heterocycles. The zero-order chi connectivity index (χ0) is 43.0. The van der Waals surface area contributed by atoms with E-state index in [0.29, 0.717) is 42.7 Å². The number of alkyl halides is 3. The standard InChI is InChI=1S/C42H45F3N12O5/c43-42(44,45)30-21-27(49-41(61)50-31-23-46-33-13-14-48-57(33)37(31)25-6-3-4-7-25)22-47-36(30)38-52-35(62-53-38)8-2-1-5-15-54-16-18-55(19-17-54)28-9-10-29-26(20-28)24-56(40(29)60)32-11-12-34(58)51-39(32)59/h9-10,13-14,20-23,25,32H,1-8,11-12,15-19,24H2,(H2,49,50,61)(H,51,58,59). The molecular formula is C42H45F3N12O5. The molecule has 0 spiro atoms. The van der Waals surface area contributed by atoms with Gasteiger partial charge in [-0.05, 0) is 68.5 Å². The van der Waals surface area contributed by atoms with E-state index in [1.54, 1.807) is 21.7 Å². The topological polar surface area (TPSA) is 196 Å². The zero-order valence-electron chi connectivity index (χ0n) is 33.8. The van der Waals surface area contributed by atoms with Gasteiger partial charge < -0.3 is 25.0 Å². The van der Waals surface area contributed by atoms with Crippen molar-refractivity contribution in [2.24, 2.45) is 0 Å². The number of hydrogen-bond acceptors (Lipinski definition) is 12. The minimum Gasteiger partial charge on any atom is -0.369 e. The number of anilines is 3. The van der Waals surface area contributed by atoms with Gasteiger partial charge in [0.1, 0.15) is 11.7 Å². The lowest BCUT2D eigenvalue weighted by atomic mass is 10.0. The highest BCUT2D eigenvalue weighted by atomic mass is 19.4. The number of rotatable bonds is 12. The summed E-state index contributed by atoms with van der Waals surface area (Å²) >= 11 is 0. The number of nitrogens with zero attached hydrogens (tertiary/aromatic N) is 9. The van der Waals surface area contributed by atoms with Crippen LogP contribution in [0.1, 0.15) is 96.8 Å². The number of imide groups is 1. The van der Waals surface area contributed by atoms with E-state index < -0.39 is 35.4 Å². The molecule has 5 amide bonds. The molecule has 4 aromatic heterocycles. The van der Waals surface area contributed by atoms with Crippen LogP contribution < -0.4 is 20.9 Å². The molecule has 17 nitrogen and oxygen atoms in total. The molecule has 20 heteroatoms. The molecule has 324 valence electrons. The molecule has 1 aromatic carbocycles. The summed E-state index contributed by atoms with van der Waals surface area (Å²) in [4.78, 5) is 69.0. The summed E-state index contributed by atoms with van der Waals surface area (Å²) in [6, 6.07) is 6.98. The fourth-order valence-electron chi connectivity index (χ4n) is 9.02. The SMILES string of the molecule is O=C1CCC(N2Cc3cc(N4CCN(CCCCCc5nc(-c6ncc(NC(=O)Nc7cnc8ccnn8c7C7CCCC7)cc6C(F)(F)F)no5)CC4)ccc3C2=O)C(=O)N1. The van der Waals surface area contributed by atoms with Crippen LogP contribution in [0.3, 0.4) is 0 Å². The fraction of sp³-hybridized carbons (Fsp3) is 0.452. The van der Waals surface area contributed by atoms with Crippen molar-refractivity contribution >= 4 is 46.5 Å². The lowest BCUT2D eigenvalue weighted by Crippen LogP contribution is -2.52. The maximum atomic E-state index is 14.3. The van der Waals surface area contributed by atoms with Crippen molar-refractivity contribution in [1.29, 1.82) is 0 Å². The Hall–Kier alpha value is -6.44. The van der Waals surface area contributed by atoms with E-state index in [1.165, 1.54) is 6.20 Å². The first-order valence-corrected chi connectivity index (χ1v) is 21.0. The van der Waals surface area contributed by atoms with Crippen molar-refractivity contribution in [1.82, 2.24) is 44.8 Å². The fourth-order valence-corrected chi connectivity index (χ4v) is 9.02. The van der Waals surface area contributed by atoms with Crippen LogP contribution in [0.15, 0.2) is 53.4 Å². The second-order valence-corrected chi connectivity index (χ2v) is 16.2. The minimum absolute atomic E-state index is 0.159. The maximum Gasteiger partial charge on any atom is 0.418 e. The third-order valence-corrected chi connectivity index (χ3v) is 12.2. The number of amides is 5. The summed E-state index contributed by atoms with van der Waals surface area (Å²) < 4.78 is 50.0. The van der Waals surface area contributed by atoms with Crippen LogP contribution in [-0.4, -0.2) is 102 Å². The number of urea groups is 1. The highest BCUT2D eigenvalue weighted by Gasteiger charge is 2.40. The lowest BCUT2D eigenvalue weighted by Gasteiger charge is -2.36. The van der Waals surface area contributed by atoms with Gasteiger partial charge in [0.25, 0.3) is 5.91 Å². The molecular weight excluding hydrogens is 810 g/mol. The molecule has 1 unspecified atom stereocenters. The number of halogens is 3. The molecule has 2 saturated heterocycles. The van der Waals surface area contributed by atoms with E-state index >= 15 is 0 Å². The largest absolute Gasteiger partial charge is 0.418 e. The molecule has 1 saturated carbocycles. The third kappa shape index (κ3) is 8.55. The van der Waals surface area contributed by atoms with Crippen molar-refractivity contribution in [3.63, 3.8) is 0 Å². The molecule has 1 atom stereocenters. The average molecular weight is 855 g/mol. The second-order valence-electron chi connectivity index (χ2n) is 16.2. The number of pyridine rings is 1. The van der Waals surface area contributed by atoms with E-state index in [4.69, 9.17) is 4.52 Å². The molecule has 0 bridgehead atoms. The highest BCUT2D eigenvalue weighted by molar-refractivity contribution is 6.05. The number of carbonyl (C=O) groups is 4. The maximum absolute atomic E-state index is 14.3. The van der Waals surface area contributed by atoms with Gasteiger partial charge in [0.2, 0.25) is 23.5 Å². The first-order valence-electron chi connectivity index (χ1n) is 21.0. The van der Waals surface area contributed by atoms with Crippen molar-refractivity contribution in [2.75, 3.05) is 48.3 Å². The Bertz CT molecular complexity index is 2510. The minimum atomic E-state index is -4.82. The van der Waals surface area contributed by atoms with Crippen molar-refractivity contribution in [3.05, 3.63) is 77.2 Å². The van der Waals surface area contributed by atoms with E-state index in [2.05, 4.69) is 51.0 Å². The third-order valence-electron chi connectivity index (χ3n) is 12.2. The normalized spacial score (nSPS) is 18.8. The molecule has 3 aliphatic heterocycles. The van der Waals surface area contributed by atoms with E-state index in [-0.39, 0.29) is 41.6 Å². The van der Waals surface area contributed by atoms with Gasteiger partial charge in [0.05, 0.1) is 41.2 Å². The van der Waals surface area contributed by atoms with Crippen LogP contribution in [0.2, 0.25) is 0 Å². The van der Waals surface area contributed by atoms with Gasteiger partial charge in [0.15, 0.2) is 5.65 Å². The number of carbonyl (C=O) groups excluding carboxylic acids is 4. The van der Waals surface area contributed by atoms with Crippen molar-refractivity contribution in [3.8, 4) is 11.5 Å². The monoisotopic (exact) mass is 854 g/mol. The molecule has 3 fully saturated rings. The Kier molecular flexibility index (Phi) is 11.3. The molecule has 1 aliphatic carbocycles. The molecule has 0 radical (unpaired) electrons. The van der Waals surface area contributed by atoms with Gasteiger partial charge in [-0.15, -0.1) is 0 Å². The van der Waals surface area contributed by atoms with Crippen LogP contribution in [0.25, 0.3) is 17.2 Å². The number of nitrogens with one attached hydrogen (secondary N) is 3. The Morgan fingerprint density at radius 1 is 0.935 bits per heavy atom. The second kappa shape index (κ2) is 17.1. The van der Waals surface area contributed by atoms with Crippen LogP contribution >= 0.6 is 0 Å². The number of benzene rings is 1. The smallest absolute Gasteiger partial charge is 0.369 e.